The van der Waals surface area contributed by atoms with Crippen LogP contribution in [0.2, 0.25) is 10.0 Å². The molecule has 0 unspecified atom stereocenters. The summed E-state index contributed by atoms with van der Waals surface area (Å²) in [6.07, 6.45) is 4.28. The highest BCUT2D eigenvalue weighted by Crippen LogP contribution is 2.25. The van der Waals surface area contributed by atoms with Gasteiger partial charge >= 0.3 is 0 Å². The number of carbonyl (C=O) groups excluding carboxylic acids is 2. The van der Waals surface area contributed by atoms with E-state index in [2.05, 4.69) is 5.32 Å². The second-order valence-corrected chi connectivity index (χ2v) is 10.00. The molecule has 1 aliphatic rings. The number of amides is 2. The summed E-state index contributed by atoms with van der Waals surface area (Å²) in [5, 5.41) is 3.89. The van der Waals surface area contributed by atoms with Crippen molar-refractivity contribution in [2.45, 2.75) is 50.7 Å². The van der Waals surface area contributed by atoms with Crippen LogP contribution in [0.25, 0.3) is 0 Å². The normalized spacial score (nSPS) is 14.2. The van der Waals surface area contributed by atoms with Crippen LogP contribution in [0.4, 0.5) is 4.39 Å². The Morgan fingerprint density at radius 2 is 1.65 bits per heavy atom. The zero-order chi connectivity index (χ0) is 26.2. The molecule has 37 heavy (non-hydrogen) atoms. The molecule has 3 aromatic carbocycles. The van der Waals surface area contributed by atoms with E-state index in [0.29, 0.717) is 22.0 Å². The van der Waals surface area contributed by atoms with Gasteiger partial charge in [0.2, 0.25) is 5.91 Å². The van der Waals surface area contributed by atoms with E-state index in [1.807, 2.05) is 30.3 Å². The van der Waals surface area contributed by atoms with Crippen molar-refractivity contribution in [1.29, 1.82) is 0 Å². The number of ether oxygens (including phenoxy) is 1. The van der Waals surface area contributed by atoms with Gasteiger partial charge in [-0.15, -0.1) is 0 Å². The van der Waals surface area contributed by atoms with Gasteiger partial charge in [-0.3, -0.25) is 9.59 Å². The van der Waals surface area contributed by atoms with Crippen LogP contribution >= 0.6 is 23.2 Å². The number of hydrogen-bond donors (Lipinski definition) is 1. The summed E-state index contributed by atoms with van der Waals surface area (Å²) in [5.74, 6) is -1.27. The predicted octanol–water partition coefficient (Wildman–Crippen LogP) is 6.21. The number of carbonyl (C=O) groups is 2. The lowest BCUT2D eigenvalue weighted by Crippen LogP contribution is -2.53. The van der Waals surface area contributed by atoms with E-state index in [4.69, 9.17) is 27.9 Å². The number of nitrogens with zero attached hydrogens (tertiary/aromatic N) is 1. The Kier molecular flexibility index (Phi) is 9.42. The van der Waals surface area contributed by atoms with Crippen LogP contribution in [0.3, 0.4) is 0 Å². The fourth-order valence-corrected chi connectivity index (χ4v) is 4.86. The molecule has 1 aliphatic carbocycles. The Labute approximate surface area is 226 Å². The number of benzene rings is 3. The summed E-state index contributed by atoms with van der Waals surface area (Å²) in [6.45, 7) is -0.323. The third kappa shape index (κ3) is 7.46. The largest absolute Gasteiger partial charge is 0.481 e. The maximum absolute atomic E-state index is 14.1. The summed E-state index contributed by atoms with van der Waals surface area (Å²) >= 11 is 12.3. The molecule has 0 aromatic heterocycles. The van der Waals surface area contributed by atoms with E-state index in [9.17, 15) is 14.0 Å². The minimum atomic E-state index is -0.811. The molecule has 0 aliphatic heterocycles. The van der Waals surface area contributed by atoms with E-state index >= 15 is 0 Å². The lowest BCUT2D eigenvalue weighted by Gasteiger charge is -2.32. The van der Waals surface area contributed by atoms with Crippen molar-refractivity contribution >= 4 is 35.0 Å². The predicted molar refractivity (Wildman–Crippen MR) is 143 cm³/mol. The second kappa shape index (κ2) is 12.9. The summed E-state index contributed by atoms with van der Waals surface area (Å²) in [6, 6.07) is 19.8. The van der Waals surface area contributed by atoms with Crippen molar-refractivity contribution in [2.75, 3.05) is 6.61 Å². The van der Waals surface area contributed by atoms with Gasteiger partial charge in [-0.25, -0.2) is 4.39 Å². The fraction of sp³-hybridized carbons (Fsp3) is 0.310. The molecule has 8 heteroatoms. The van der Waals surface area contributed by atoms with Crippen molar-refractivity contribution in [3.05, 3.63) is 99.8 Å². The Morgan fingerprint density at radius 1 is 0.946 bits per heavy atom. The molecule has 0 radical (unpaired) electrons. The summed E-state index contributed by atoms with van der Waals surface area (Å²) in [5.41, 5.74) is 1.62. The van der Waals surface area contributed by atoms with Gasteiger partial charge in [0, 0.05) is 19.0 Å². The molecule has 5 nitrogen and oxygen atoms in total. The molecule has 1 atom stereocenters. The Morgan fingerprint density at radius 3 is 2.35 bits per heavy atom. The summed E-state index contributed by atoms with van der Waals surface area (Å²) in [7, 11) is 0. The van der Waals surface area contributed by atoms with Gasteiger partial charge in [0.15, 0.2) is 18.2 Å². The number of rotatable bonds is 10. The average molecular weight is 543 g/mol. The molecule has 3 aromatic rings. The van der Waals surface area contributed by atoms with E-state index in [1.54, 1.807) is 30.3 Å². The van der Waals surface area contributed by atoms with Crippen LogP contribution < -0.4 is 10.1 Å². The second-order valence-electron chi connectivity index (χ2n) is 9.18. The highest BCUT2D eigenvalue weighted by Gasteiger charge is 2.32. The lowest BCUT2D eigenvalue weighted by atomic mass is 10.0. The third-order valence-corrected chi connectivity index (χ3v) is 7.24. The van der Waals surface area contributed by atoms with E-state index < -0.39 is 24.4 Å². The topological polar surface area (TPSA) is 58.6 Å². The zero-order valence-corrected chi connectivity index (χ0v) is 21.9. The van der Waals surface area contributed by atoms with E-state index in [-0.39, 0.29) is 24.2 Å². The smallest absolute Gasteiger partial charge is 0.261 e. The van der Waals surface area contributed by atoms with Crippen LogP contribution in [0.15, 0.2) is 72.8 Å². The summed E-state index contributed by atoms with van der Waals surface area (Å²) < 4.78 is 19.7. The molecule has 0 heterocycles. The molecule has 2 amide bonds. The standard InChI is InChI=1S/C29H29Cl2FN2O3/c30-23-15-14-21(16-24(23)31)18-34(28(35)19-37-27-13-7-6-12-25(27)32)26(17-20-8-2-1-3-9-20)29(36)33-22-10-4-5-11-22/h1-3,6-9,12-16,22,26H,4-5,10-11,17-19H2,(H,33,36)/t26-/m1/s1. The Bertz CT molecular complexity index is 1220. The molecule has 0 saturated heterocycles. The van der Waals surface area contributed by atoms with Gasteiger partial charge in [-0.2, -0.15) is 0 Å². The zero-order valence-electron chi connectivity index (χ0n) is 20.3. The number of hydrogen-bond acceptors (Lipinski definition) is 3. The summed E-state index contributed by atoms with van der Waals surface area (Å²) in [4.78, 5) is 28.7. The fourth-order valence-electron chi connectivity index (χ4n) is 4.54. The minimum absolute atomic E-state index is 0.0275. The molecule has 1 saturated carbocycles. The first kappa shape index (κ1) is 27.0. The number of halogens is 3. The maximum Gasteiger partial charge on any atom is 0.261 e. The van der Waals surface area contributed by atoms with Gasteiger partial charge < -0.3 is 15.0 Å². The molecule has 0 bridgehead atoms. The van der Waals surface area contributed by atoms with Crippen LogP contribution in [0.1, 0.15) is 36.8 Å². The van der Waals surface area contributed by atoms with Gasteiger partial charge in [0.05, 0.1) is 10.0 Å². The first-order valence-corrected chi connectivity index (χ1v) is 13.1. The van der Waals surface area contributed by atoms with Crippen molar-refractivity contribution in [3.63, 3.8) is 0 Å². The SMILES string of the molecule is O=C(NC1CCCC1)[C@@H](Cc1ccccc1)N(Cc1ccc(Cl)c(Cl)c1)C(=O)COc1ccccc1F. The van der Waals surface area contributed by atoms with Crippen LogP contribution in [0.5, 0.6) is 5.75 Å². The monoisotopic (exact) mass is 542 g/mol. The highest BCUT2D eigenvalue weighted by molar-refractivity contribution is 6.42. The van der Waals surface area contributed by atoms with Crippen molar-refractivity contribution in [1.82, 2.24) is 10.2 Å². The first-order valence-electron chi connectivity index (χ1n) is 12.4. The molecule has 0 spiro atoms. The van der Waals surface area contributed by atoms with Gasteiger partial charge in [0.25, 0.3) is 5.91 Å². The first-order chi connectivity index (χ1) is 17.9. The minimum Gasteiger partial charge on any atom is -0.481 e. The Hall–Kier alpha value is -3.09. The van der Waals surface area contributed by atoms with E-state index in [0.717, 1.165) is 31.2 Å². The maximum atomic E-state index is 14.1. The van der Waals surface area contributed by atoms with Crippen molar-refractivity contribution in [2.24, 2.45) is 0 Å². The highest BCUT2D eigenvalue weighted by atomic mass is 35.5. The van der Waals surface area contributed by atoms with Crippen molar-refractivity contribution in [3.8, 4) is 5.75 Å². The number of nitrogens with one attached hydrogen (secondary N) is 1. The lowest BCUT2D eigenvalue weighted by molar-refractivity contribution is -0.143. The van der Waals surface area contributed by atoms with Gasteiger partial charge in [0.1, 0.15) is 6.04 Å². The van der Waals surface area contributed by atoms with Crippen LogP contribution in [-0.4, -0.2) is 35.4 Å². The van der Waals surface area contributed by atoms with E-state index in [1.165, 1.54) is 17.0 Å². The van der Waals surface area contributed by atoms with Crippen LogP contribution in [-0.2, 0) is 22.6 Å². The molecule has 4 rings (SSSR count). The third-order valence-electron chi connectivity index (χ3n) is 6.50. The Balaban J connectivity index is 1.63. The molecule has 194 valence electrons. The molecular weight excluding hydrogens is 514 g/mol. The molecular formula is C29H29Cl2FN2O3. The van der Waals surface area contributed by atoms with Gasteiger partial charge in [-0.05, 0) is 48.2 Å². The molecule has 1 fully saturated rings. The van der Waals surface area contributed by atoms with Crippen LogP contribution in [0, 0.1) is 5.82 Å². The number of para-hydroxylation sites is 1. The average Bonchev–Trinajstić information content (AvgIpc) is 3.41. The van der Waals surface area contributed by atoms with Gasteiger partial charge in [-0.1, -0.05) is 84.6 Å². The van der Waals surface area contributed by atoms with Crippen molar-refractivity contribution < 1.29 is 18.7 Å². The quantitative estimate of drug-likeness (QED) is 0.331. The molecule has 1 N–H and O–H groups in total.